The second kappa shape index (κ2) is 11.3. The van der Waals surface area contributed by atoms with Crippen LogP contribution in [0, 0.1) is 0 Å². The number of nitrogens with one attached hydrogen (secondary N) is 1. The van der Waals surface area contributed by atoms with Crippen LogP contribution >= 0.6 is 11.8 Å². The van der Waals surface area contributed by atoms with Crippen LogP contribution in [0.4, 0.5) is 5.82 Å². The molecule has 4 aromatic rings. The number of rotatable bonds is 8. The van der Waals surface area contributed by atoms with E-state index in [9.17, 15) is 20.4 Å². The maximum absolute atomic E-state index is 9.69. The van der Waals surface area contributed by atoms with Gasteiger partial charge in [0.25, 0.3) is 11.9 Å². The smallest absolute Gasteiger partial charge is 0.283 e. The number of aliphatic hydroxyl groups is 4. The minimum Gasteiger partial charge on any atom is -0.382 e. The Labute approximate surface area is 235 Å². The molecule has 0 amide bonds. The largest absolute Gasteiger partial charge is 0.382 e. The quantitative estimate of drug-likeness (QED) is 0.136. The summed E-state index contributed by atoms with van der Waals surface area (Å²) in [6.45, 7) is 4.66. The number of thioether (sulfide) groups is 1. The molecule has 1 fully saturated rings. The van der Waals surface area contributed by atoms with Gasteiger partial charge in [0.1, 0.15) is 5.69 Å². The molecule has 1 aliphatic heterocycles. The first-order valence-electron chi connectivity index (χ1n) is 12.8. The molecule has 3 heterocycles. The topological polar surface area (TPSA) is 180 Å². The highest BCUT2D eigenvalue weighted by Crippen LogP contribution is 2.32. The third kappa shape index (κ3) is 6.85. The third-order valence-corrected chi connectivity index (χ3v) is 7.28. The summed E-state index contributed by atoms with van der Waals surface area (Å²) in [5.41, 5.74) is 10.4. The molecule has 11 nitrogen and oxygen atoms in total. The van der Waals surface area contributed by atoms with Gasteiger partial charge < -0.3 is 36.0 Å². The van der Waals surface area contributed by atoms with E-state index < -0.39 is 18.0 Å². The van der Waals surface area contributed by atoms with Crippen LogP contribution in [-0.4, -0.2) is 58.8 Å². The lowest BCUT2D eigenvalue weighted by Crippen LogP contribution is -2.56. The van der Waals surface area contributed by atoms with Crippen molar-refractivity contribution >= 4 is 17.6 Å². The Balaban J connectivity index is 1.27. The Hall–Kier alpha value is -3.36. The highest BCUT2D eigenvalue weighted by molar-refractivity contribution is 7.99. The first-order chi connectivity index (χ1) is 19.0. The molecule has 0 saturated carbocycles. The summed E-state index contributed by atoms with van der Waals surface area (Å²) in [5.74, 6) is -4.62. The lowest BCUT2D eigenvalue weighted by atomic mass is 10.0. The van der Waals surface area contributed by atoms with Crippen LogP contribution in [0.5, 0.6) is 0 Å². The van der Waals surface area contributed by atoms with Gasteiger partial charge in [-0.15, -0.1) is 11.8 Å². The molecule has 0 atom stereocenters. The normalized spacial score (nSPS) is 16.9. The van der Waals surface area contributed by atoms with Gasteiger partial charge in [-0.3, -0.25) is 4.74 Å². The minimum atomic E-state index is -2.63. The molecule has 1 aliphatic rings. The molecule has 7 N–H and O–H groups in total. The van der Waals surface area contributed by atoms with Gasteiger partial charge in [-0.25, -0.2) is 9.97 Å². The summed E-state index contributed by atoms with van der Waals surface area (Å²) in [6, 6.07) is 16.8. The van der Waals surface area contributed by atoms with E-state index in [2.05, 4.69) is 46.2 Å². The average molecular weight is 566 g/mol. The fraction of sp³-hybridized carbons (Fsp3) is 0.321. The van der Waals surface area contributed by atoms with E-state index in [1.165, 1.54) is 4.90 Å². The lowest BCUT2D eigenvalue weighted by molar-refractivity contribution is -0.491. The van der Waals surface area contributed by atoms with Gasteiger partial charge in [0.05, 0.1) is 11.9 Å². The Kier molecular flexibility index (Phi) is 7.93. The monoisotopic (exact) mass is 565 g/mol. The van der Waals surface area contributed by atoms with E-state index in [0.717, 1.165) is 16.7 Å². The van der Waals surface area contributed by atoms with Gasteiger partial charge in [0.15, 0.2) is 17.3 Å². The van der Waals surface area contributed by atoms with Crippen molar-refractivity contribution in [2.45, 2.75) is 61.4 Å². The van der Waals surface area contributed by atoms with Gasteiger partial charge in [0.2, 0.25) is 0 Å². The molecule has 0 spiro atoms. The van der Waals surface area contributed by atoms with E-state index in [0.29, 0.717) is 34.6 Å². The highest BCUT2D eigenvalue weighted by Gasteiger charge is 2.46. The Morgan fingerprint density at radius 2 is 1.60 bits per heavy atom. The third-order valence-electron chi connectivity index (χ3n) is 6.26. The number of nitrogens with two attached hydrogens (primary N) is 1. The van der Waals surface area contributed by atoms with Crippen molar-refractivity contribution in [2.24, 2.45) is 0 Å². The van der Waals surface area contributed by atoms with Crippen molar-refractivity contribution in [3.8, 4) is 34.0 Å². The first-order valence-corrected chi connectivity index (χ1v) is 13.6. The van der Waals surface area contributed by atoms with E-state index in [-0.39, 0.29) is 18.7 Å². The van der Waals surface area contributed by atoms with Crippen LogP contribution in [0.25, 0.3) is 34.0 Å². The summed E-state index contributed by atoms with van der Waals surface area (Å²) < 4.78 is 10.0. The van der Waals surface area contributed by atoms with Crippen molar-refractivity contribution in [3.05, 3.63) is 66.4 Å². The van der Waals surface area contributed by atoms with Gasteiger partial charge in [-0.1, -0.05) is 55.4 Å². The summed E-state index contributed by atoms with van der Waals surface area (Å²) in [5, 5.41) is 46.5. The van der Waals surface area contributed by atoms with Crippen LogP contribution < -0.4 is 11.1 Å². The fourth-order valence-electron chi connectivity index (χ4n) is 4.48. The summed E-state index contributed by atoms with van der Waals surface area (Å²) in [4.78, 5) is 10.2. The van der Waals surface area contributed by atoms with Crippen LogP contribution in [-0.2, 0) is 11.3 Å². The SMILES string of the molecule is CC(C)Sc1ccc(-c2cnc(N)c(-c3cc(-c4ccc(CNC5CC(O)(O)OC(O)(O)C5)cc4)no3)n2)cc1. The maximum Gasteiger partial charge on any atom is 0.283 e. The summed E-state index contributed by atoms with van der Waals surface area (Å²) in [6.07, 6.45) is 1.20. The zero-order chi connectivity index (χ0) is 28.5. The molecule has 5 rings (SSSR count). The molecule has 1 saturated heterocycles. The van der Waals surface area contributed by atoms with E-state index in [4.69, 9.17) is 15.2 Å². The molecular formula is C28H31N5O6S. The minimum absolute atomic E-state index is 0.217. The number of nitrogen functional groups attached to an aromatic ring is 1. The zero-order valence-electron chi connectivity index (χ0n) is 22.0. The van der Waals surface area contributed by atoms with Gasteiger partial charge in [0, 0.05) is 52.8 Å². The molecule has 210 valence electrons. The zero-order valence-corrected chi connectivity index (χ0v) is 22.8. The summed E-state index contributed by atoms with van der Waals surface area (Å²) >= 11 is 1.79. The number of aromatic nitrogens is 3. The Morgan fingerprint density at radius 1 is 0.975 bits per heavy atom. The fourth-order valence-corrected chi connectivity index (χ4v) is 5.31. The van der Waals surface area contributed by atoms with E-state index in [1.807, 2.05) is 36.4 Å². The second-order valence-electron chi connectivity index (χ2n) is 10.0. The highest BCUT2D eigenvalue weighted by atomic mass is 32.2. The molecule has 40 heavy (non-hydrogen) atoms. The van der Waals surface area contributed by atoms with Crippen LogP contribution in [0.15, 0.2) is 70.2 Å². The molecule has 12 heteroatoms. The molecule has 0 aliphatic carbocycles. The molecule has 0 bridgehead atoms. The van der Waals surface area contributed by atoms with Crippen LogP contribution in [0.1, 0.15) is 32.3 Å². The average Bonchev–Trinajstić information content (AvgIpc) is 3.37. The van der Waals surface area contributed by atoms with Crippen LogP contribution in [0.2, 0.25) is 0 Å². The first kappa shape index (κ1) is 28.2. The number of nitrogens with zero attached hydrogens (tertiary/aromatic N) is 3. The molecule has 0 unspecified atom stereocenters. The number of hydrogen-bond donors (Lipinski definition) is 6. The number of anilines is 1. The predicted molar refractivity (Wildman–Crippen MR) is 149 cm³/mol. The van der Waals surface area contributed by atoms with Crippen molar-refractivity contribution in [1.82, 2.24) is 20.4 Å². The van der Waals surface area contributed by atoms with Crippen molar-refractivity contribution in [1.29, 1.82) is 0 Å². The lowest BCUT2D eigenvalue weighted by Gasteiger charge is -2.39. The molecule has 0 radical (unpaired) electrons. The van der Waals surface area contributed by atoms with Crippen LogP contribution in [0.3, 0.4) is 0 Å². The molecular weight excluding hydrogens is 534 g/mol. The van der Waals surface area contributed by atoms with E-state index >= 15 is 0 Å². The van der Waals surface area contributed by atoms with Gasteiger partial charge >= 0.3 is 0 Å². The van der Waals surface area contributed by atoms with Gasteiger partial charge in [-0.2, -0.15) is 0 Å². The Bertz CT molecular complexity index is 1440. The number of ether oxygens (including phenoxy) is 1. The van der Waals surface area contributed by atoms with Crippen molar-refractivity contribution in [3.63, 3.8) is 0 Å². The molecule has 2 aromatic carbocycles. The maximum atomic E-state index is 9.69. The van der Waals surface area contributed by atoms with Crippen molar-refractivity contribution in [2.75, 3.05) is 5.73 Å². The molecule has 2 aromatic heterocycles. The standard InChI is InChI=1S/C28H31N5O6S/c1-16(2)40-21-9-7-19(8-10-21)23-15-31-26(29)25(32-23)24-11-22(33-38-24)18-5-3-17(4-6-18)14-30-20-12-27(34,35)39-28(36,37)13-20/h3-11,15-16,20,30,34-37H,12-14H2,1-2H3,(H2,29,31). The number of hydrogen-bond acceptors (Lipinski definition) is 12. The summed E-state index contributed by atoms with van der Waals surface area (Å²) in [7, 11) is 0. The predicted octanol–water partition coefficient (Wildman–Crippen LogP) is 3.09. The van der Waals surface area contributed by atoms with Gasteiger partial charge in [-0.05, 0) is 17.7 Å². The van der Waals surface area contributed by atoms with Crippen molar-refractivity contribution < 1.29 is 29.7 Å². The Morgan fingerprint density at radius 3 is 2.25 bits per heavy atom. The number of benzene rings is 2. The van der Waals surface area contributed by atoms with E-state index in [1.54, 1.807) is 24.0 Å². The second-order valence-corrected chi connectivity index (χ2v) is 11.7.